The van der Waals surface area contributed by atoms with Crippen molar-refractivity contribution in [3.05, 3.63) is 29.8 Å². The van der Waals surface area contributed by atoms with Crippen LogP contribution in [0.25, 0.3) is 0 Å². The van der Waals surface area contributed by atoms with Gasteiger partial charge in [0.2, 0.25) is 15.9 Å². The number of hydrogen-bond acceptors (Lipinski definition) is 4. The zero-order chi connectivity index (χ0) is 15.6. The molecule has 1 amide bonds. The number of nitrogens with two attached hydrogens (primary N) is 1. The van der Waals surface area contributed by atoms with Gasteiger partial charge in [0.25, 0.3) is 0 Å². The third kappa shape index (κ3) is 3.81. The highest BCUT2D eigenvalue weighted by Crippen LogP contribution is 2.22. The van der Waals surface area contributed by atoms with Crippen molar-refractivity contribution in [3.63, 3.8) is 0 Å². The summed E-state index contributed by atoms with van der Waals surface area (Å²) in [5, 5.41) is 7.96. The molecule has 1 heterocycles. The average Bonchev–Trinajstić information content (AvgIpc) is 2.84. The summed E-state index contributed by atoms with van der Waals surface area (Å²) < 4.78 is 28.1. The Hall–Kier alpha value is -1.44. The van der Waals surface area contributed by atoms with Crippen molar-refractivity contribution in [1.82, 2.24) is 5.32 Å². The number of carbonyl (C=O) groups is 1. The fraction of sp³-hybridized carbons (Fsp3) is 0.500. The second-order valence-electron chi connectivity index (χ2n) is 5.41. The number of carbonyl (C=O) groups excluding carboxylic acids is 1. The van der Waals surface area contributed by atoms with Gasteiger partial charge < -0.3 is 10.1 Å². The van der Waals surface area contributed by atoms with Gasteiger partial charge in [-0.3, -0.25) is 4.79 Å². The first-order valence-electron chi connectivity index (χ1n) is 6.84. The number of primary sulfonamides is 1. The molecule has 1 saturated heterocycles. The maximum atomic E-state index is 12.1. The van der Waals surface area contributed by atoms with Crippen molar-refractivity contribution >= 4 is 15.9 Å². The quantitative estimate of drug-likeness (QED) is 0.864. The highest BCUT2D eigenvalue weighted by molar-refractivity contribution is 7.89. The largest absolute Gasteiger partial charge is 0.368 e. The second kappa shape index (κ2) is 6.13. The minimum absolute atomic E-state index is 0.0339. The molecule has 0 saturated carbocycles. The Labute approximate surface area is 124 Å². The molecule has 1 aromatic rings. The van der Waals surface area contributed by atoms with Gasteiger partial charge in [0, 0.05) is 6.61 Å². The number of amides is 1. The normalized spacial score (nSPS) is 23.8. The molecule has 1 aliphatic heterocycles. The summed E-state index contributed by atoms with van der Waals surface area (Å²) in [4.78, 5) is 12.2. The van der Waals surface area contributed by atoms with E-state index in [2.05, 4.69) is 5.32 Å². The van der Waals surface area contributed by atoms with Crippen LogP contribution in [0.15, 0.2) is 29.2 Å². The number of benzene rings is 1. The molecule has 0 aliphatic carbocycles. The van der Waals surface area contributed by atoms with Crippen molar-refractivity contribution < 1.29 is 17.9 Å². The fourth-order valence-corrected chi connectivity index (χ4v) is 2.94. The molecule has 1 aliphatic rings. The van der Waals surface area contributed by atoms with E-state index in [9.17, 15) is 13.2 Å². The summed E-state index contributed by atoms with van der Waals surface area (Å²) in [5.41, 5.74) is 0.681. The maximum Gasteiger partial charge on any atom is 0.249 e. The highest BCUT2D eigenvalue weighted by atomic mass is 32.2. The van der Waals surface area contributed by atoms with Crippen LogP contribution in [-0.4, -0.2) is 27.0 Å². The van der Waals surface area contributed by atoms with Gasteiger partial charge in [-0.2, -0.15) is 0 Å². The Bertz CT molecular complexity index is 630. The van der Waals surface area contributed by atoms with Crippen LogP contribution < -0.4 is 10.5 Å². The summed E-state index contributed by atoms with van der Waals surface area (Å²) in [6.07, 6.45) is 0.432. The number of nitrogens with one attached hydrogen (secondary N) is 1. The number of sulfonamides is 1. The van der Waals surface area contributed by atoms with Crippen molar-refractivity contribution in [2.45, 2.75) is 37.3 Å². The molecule has 1 aromatic carbocycles. The lowest BCUT2D eigenvalue weighted by atomic mass is 10.0. The third-order valence-electron chi connectivity index (χ3n) is 3.69. The third-order valence-corrected chi connectivity index (χ3v) is 4.60. The van der Waals surface area contributed by atoms with Gasteiger partial charge >= 0.3 is 0 Å². The molecule has 7 heteroatoms. The van der Waals surface area contributed by atoms with E-state index in [0.29, 0.717) is 12.2 Å². The van der Waals surface area contributed by atoms with Crippen LogP contribution in [0.4, 0.5) is 0 Å². The van der Waals surface area contributed by atoms with Crippen LogP contribution >= 0.6 is 0 Å². The first-order chi connectivity index (χ1) is 9.79. The zero-order valence-electron chi connectivity index (χ0n) is 12.1. The van der Waals surface area contributed by atoms with Gasteiger partial charge in [-0.05, 0) is 37.0 Å². The Morgan fingerprint density at radius 1 is 1.48 bits per heavy atom. The molecule has 0 aromatic heterocycles. The van der Waals surface area contributed by atoms with Crippen LogP contribution in [0.5, 0.6) is 0 Å². The predicted octanol–water partition coefficient (Wildman–Crippen LogP) is 0.936. The van der Waals surface area contributed by atoms with Gasteiger partial charge in [-0.25, -0.2) is 13.6 Å². The van der Waals surface area contributed by atoms with Gasteiger partial charge in [0.1, 0.15) is 6.10 Å². The minimum Gasteiger partial charge on any atom is -0.368 e. The van der Waals surface area contributed by atoms with Gasteiger partial charge in [0.05, 0.1) is 10.9 Å². The fourth-order valence-electron chi connectivity index (χ4n) is 2.37. The average molecular weight is 312 g/mol. The Morgan fingerprint density at radius 3 is 2.76 bits per heavy atom. The van der Waals surface area contributed by atoms with Gasteiger partial charge in [0.15, 0.2) is 0 Å². The minimum atomic E-state index is -3.75. The van der Waals surface area contributed by atoms with E-state index in [1.54, 1.807) is 19.1 Å². The van der Waals surface area contributed by atoms with Gasteiger partial charge in [-0.15, -0.1) is 0 Å². The molecule has 3 N–H and O–H groups in total. The molecule has 21 heavy (non-hydrogen) atoms. The van der Waals surface area contributed by atoms with E-state index in [1.165, 1.54) is 12.1 Å². The smallest absolute Gasteiger partial charge is 0.249 e. The van der Waals surface area contributed by atoms with Crippen molar-refractivity contribution in [3.8, 4) is 0 Å². The number of hydrogen-bond donors (Lipinski definition) is 2. The Kier molecular flexibility index (Phi) is 4.65. The molecule has 3 atom stereocenters. The SMILES string of the molecule is CC(NC(=O)C1OCCC1C)c1cccc(S(N)(=O)=O)c1. The van der Waals surface area contributed by atoms with Crippen LogP contribution in [0.1, 0.15) is 31.9 Å². The van der Waals surface area contributed by atoms with E-state index < -0.39 is 16.1 Å². The van der Waals surface area contributed by atoms with E-state index >= 15 is 0 Å². The van der Waals surface area contributed by atoms with Crippen molar-refractivity contribution in [1.29, 1.82) is 0 Å². The molecular formula is C14H20N2O4S. The first-order valence-corrected chi connectivity index (χ1v) is 8.38. The molecule has 2 rings (SSSR count). The summed E-state index contributed by atoms with van der Waals surface area (Å²) in [7, 11) is -3.75. The Morgan fingerprint density at radius 2 is 2.19 bits per heavy atom. The van der Waals surface area contributed by atoms with Crippen molar-refractivity contribution in [2.24, 2.45) is 11.1 Å². The highest BCUT2D eigenvalue weighted by Gasteiger charge is 2.31. The molecule has 0 spiro atoms. The topological polar surface area (TPSA) is 98.5 Å². The van der Waals surface area contributed by atoms with Crippen LogP contribution in [0.2, 0.25) is 0 Å². The number of rotatable bonds is 4. The zero-order valence-corrected chi connectivity index (χ0v) is 12.9. The van der Waals surface area contributed by atoms with Crippen molar-refractivity contribution in [2.75, 3.05) is 6.61 Å². The predicted molar refractivity (Wildman–Crippen MR) is 77.9 cm³/mol. The van der Waals surface area contributed by atoms with Crippen LogP contribution in [0.3, 0.4) is 0 Å². The monoisotopic (exact) mass is 312 g/mol. The number of ether oxygens (including phenoxy) is 1. The summed E-state index contributed by atoms with van der Waals surface area (Å²) in [6.45, 7) is 4.36. The molecule has 6 nitrogen and oxygen atoms in total. The molecule has 3 unspecified atom stereocenters. The summed E-state index contributed by atoms with van der Waals surface area (Å²) in [6, 6.07) is 5.93. The second-order valence-corrected chi connectivity index (χ2v) is 6.97. The Balaban J connectivity index is 2.10. The van der Waals surface area contributed by atoms with E-state index in [4.69, 9.17) is 9.88 Å². The maximum absolute atomic E-state index is 12.1. The lowest BCUT2D eigenvalue weighted by Gasteiger charge is -2.19. The van der Waals surface area contributed by atoms with E-state index in [0.717, 1.165) is 6.42 Å². The molecule has 0 bridgehead atoms. The van der Waals surface area contributed by atoms with Crippen LogP contribution in [0, 0.1) is 5.92 Å². The van der Waals surface area contributed by atoms with E-state index in [-0.39, 0.29) is 22.8 Å². The lowest BCUT2D eigenvalue weighted by molar-refractivity contribution is -0.132. The molecule has 1 fully saturated rings. The summed E-state index contributed by atoms with van der Waals surface area (Å²) in [5.74, 6) is 0.0152. The lowest BCUT2D eigenvalue weighted by Crippen LogP contribution is -2.38. The molecule has 0 radical (unpaired) electrons. The standard InChI is InChI=1S/C14H20N2O4S/c1-9-6-7-20-13(9)14(17)16-10(2)11-4-3-5-12(8-11)21(15,18)19/h3-5,8-10,13H,6-7H2,1-2H3,(H,16,17)(H2,15,18,19). The molecule has 116 valence electrons. The van der Waals surface area contributed by atoms with E-state index in [1.807, 2.05) is 6.92 Å². The van der Waals surface area contributed by atoms with Gasteiger partial charge in [-0.1, -0.05) is 19.1 Å². The van der Waals surface area contributed by atoms with Crippen LogP contribution in [-0.2, 0) is 19.6 Å². The summed E-state index contributed by atoms with van der Waals surface area (Å²) >= 11 is 0. The first kappa shape index (κ1) is 15.9. The molecular weight excluding hydrogens is 292 g/mol.